The molecule has 1 aliphatic rings. The lowest BCUT2D eigenvalue weighted by Crippen LogP contribution is -2.09. The lowest BCUT2D eigenvalue weighted by molar-refractivity contribution is 0.465. The SMILES string of the molecule is Cc1cc(C)c2oc(CCC3CCNC3)nc2c1. The molecular weight excluding hydrogens is 224 g/mol. The molecule has 1 atom stereocenters. The molecule has 2 aromatic rings. The van der Waals surface area contributed by atoms with Gasteiger partial charge in [0.05, 0.1) is 0 Å². The van der Waals surface area contributed by atoms with Gasteiger partial charge in [0.2, 0.25) is 0 Å². The molecule has 1 fully saturated rings. The van der Waals surface area contributed by atoms with Crippen molar-refractivity contribution in [2.24, 2.45) is 5.92 Å². The van der Waals surface area contributed by atoms with E-state index in [4.69, 9.17) is 4.42 Å². The molecular formula is C15H20N2O. The summed E-state index contributed by atoms with van der Waals surface area (Å²) in [6.07, 6.45) is 3.43. The fraction of sp³-hybridized carbons (Fsp3) is 0.533. The first-order valence-corrected chi connectivity index (χ1v) is 6.80. The number of hydrogen-bond acceptors (Lipinski definition) is 3. The van der Waals surface area contributed by atoms with E-state index < -0.39 is 0 Å². The molecule has 0 aliphatic carbocycles. The number of fused-ring (bicyclic) bond motifs is 1. The highest BCUT2D eigenvalue weighted by Gasteiger charge is 2.16. The zero-order valence-electron chi connectivity index (χ0n) is 11.1. The number of oxazole rings is 1. The minimum absolute atomic E-state index is 0.794. The molecule has 1 saturated heterocycles. The molecule has 1 aromatic heterocycles. The summed E-state index contributed by atoms with van der Waals surface area (Å²) in [4.78, 5) is 4.61. The number of rotatable bonds is 3. The van der Waals surface area contributed by atoms with Crippen LogP contribution in [0.15, 0.2) is 16.5 Å². The van der Waals surface area contributed by atoms with Crippen LogP contribution in [0.1, 0.15) is 29.9 Å². The average molecular weight is 244 g/mol. The van der Waals surface area contributed by atoms with E-state index in [1.807, 2.05) is 0 Å². The molecule has 2 heterocycles. The topological polar surface area (TPSA) is 38.1 Å². The van der Waals surface area contributed by atoms with Crippen LogP contribution in [0.4, 0.5) is 0 Å². The maximum Gasteiger partial charge on any atom is 0.195 e. The van der Waals surface area contributed by atoms with Gasteiger partial charge in [-0.3, -0.25) is 0 Å². The maximum absolute atomic E-state index is 5.88. The largest absolute Gasteiger partial charge is 0.440 e. The summed E-state index contributed by atoms with van der Waals surface area (Å²) < 4.78 is 5.88. The molecule has 0 bridgehead atoms. The summed E-state index contributed by atoms with van der Waals surface area (Å²) in [7, 11) is 0. The zero-order chi connectivity index (χ0) is 12.5. The molecule has 0 amide bonds. The molecule has 0 radical (unpaired) electrons. The van der Waals surface area contributed by atoms with Crippen molar-refractivity contribution in [2.45, 2.75) is 33.1 Å². The second-order valence-electron chi connectivity index (χ2n) is 5.44. The van der Waals surface area contributed by atoms with Crippen molar-refractivity contribution < 1.29 is 4.42 Å². The highest BCUT2D eigenvalue weighted by atomic mass is 16.3. The summed E-state index contributed by atoms with van der Waals surface area (Å²) in [5.74, 6) is 1.69. The summed E-state index contributed by atoms with van der Waals surface area (Å²) in [6, 6.07) is 4.25. The predicted molar refractivity (Wildman–Crippen MR) is 72.8 cm³/mol. The molecule has 3 nitrogen and oxygen atoms in total. The second-order valence-corrected chi connectivity index (χ2v) is 5.44. The van der Waals surface area contributed by atoms with Crippen LogP contribution in [-0.2, 0) is 6.42 Å². The summed E-state index contributed by atoms with van der Waals surface area (Å²) in [5.41, 5.74) is 4.40. The van der Waals surface area contributed by atoms with E-state index in [2.05, 4.69) is 36.3 Å². The zero-order valence-corrected chi connectivity index (χ0v) is 11.1. The Morgan fingerprint density at radius 3 is 3.06 bits per heavy atom. The lowest BCUT2D eigenvalue weighted by Gasteiger charge is -2.04. The van der Waals surface area contributed by atoms with Gasteiger partial charge < -0.3 is 9.73 Å². The maximum atomic E-state index is 5.88. The van der Waals surface area contributed by atoms with E-state index >= 15 is 0 Å². The van der Waals surface area contributed by atoms with Crippen molar-refractivity contribution in [3.8, 4) is 0 Å². The Morgan fingerprint density at radius 1 is 1.39 bits per heavy atom. The highest BCUT2D eigenvalue weighted by molar-refractivity contribution is 5.77. The van der Waals surface area contributed by atoms with Gasteiger partial charge in [-0.15, -0.1) is 0 Å². The van der Waals surface area contributed by atoms with Gasteiger partial charge in [0, 0.05) is 6.42 Å². The molecule has 18 heavy (non-hydrogen) atoms. The first kappa shape index (κ1) is 11.7. The summed E-state index contributed by atoms with van der Waals surface area (Å²) in [5, 5.41) is 3.40. The van der Waals surface area contributed by atoms with Crippen LogP contribution < -0.4 is 5.32 Å². The fourth-order valence-corrected chi connectivity index (χ4v) is 2.82. The molecule has 1 aromatic carbocycles. The van der Waals surface area contributed by atoms with E-state index in [-0.39, 0.29) is 0 Å². The monoisotopic (exact) mass is 244 g/mol. The average Bonchev–Trinajstić information content (AvgIpc) is 2.93. The second kappa shape index (κ2) is 4.73. The normalized spacial score (nSPS) is 19.8. The van der Waals surface area contributed by atoms with Crippen molar-refractivity contribution in [1.29, 1.82) is 0 Å². The first-order valence-electron chi connectivity index (χ1n) is 6.80. The molecule has 1 unspecified atom stereocenters. The Bertz CT molecular complexity index is 553. The number of aryl methyl sites for hydroxylation is 3. The fourth-order valence-electron chi connectivity index (χ4n) is 2.82. The third-order valence-electron chi connectivity index (χ3n) is 3.79. The number of nitrogens with one attached hydrogen (secondary N) is 1. The van der Waals surface area contributed by atoms with Crippen LogP contribution in [0, 0.1) is 19.8 Å². The van der Waals surface area contributed by atoms with Crippen LogP contribution in [0.25, 0.3) is 11.1 Å². The Balaban J connectivity index is 1.78. The Kier molecular flexibility index (Phi) is 3.08. The standard InChI is InChI=1S/C15H20N2O/c1-10-7-11(2)15-13(8-10)17-14(18-15)4-3-12-5-6-16-9-12/h7-8,12,16H,3-6,9H2,1-2H3. The van der Waals surface area contributed by atoms with Gasteiger partial charge in [-0.05, 0) is 62.9 Å². The number of nitrogens with zero attached hydrogens (tertiary/aromatic N) is 1. The quantitative estimate of drug-likeness (QED) is 0.902. The van der Waals surface area contributed by atoms with Crippen LogP contribution in [0.2, 0.25) is 0 Å². The van der Waals surface area contributed by atoms with Crippen molar-refractivity contribution in [3.05, 3.63) is 29.2 Å². The Labute approximate surface area is 108 Å². The van der Waals surface area contributed by atoms with Gasteiger partial charge in [-0.2, -0.15) is 0 Å². The number of hydrogen-bond donors (Lipinski definition) is 1. The Hall–Kier alpha value is -1.35. The van der Waals surface area contributed by atoms with Crippen LogP contribution in [-0.4, -0.2) is 18.1 Å². The van der Waals surface area contributed by atoms with Crippen molar-refractivity contribution in [1.82, 2.24) is 10.3 Å². The molecule has 3 heteroatoms. The Morgan fingerprint density at radius 2 is 2.28 bits per heavy atom. The van der Waals surface area contributed by atoms with E-state index in [1.54, 1.807) is 0 Å². The minimum atomic E-state index is 0.794. The molecule has 3 rings (SSSR count). The predicted octanol–water partition coefficient (Wildman–Crippen LogP) is 2.99. The van der Waals surface area contributed by atoms with Gasteiger partial charge >= 0.3 is 0 Å². The molecule has 1 aliphatic heterocycles. The van der Waals surface area contributed by atoms with E-state index in [0.29, 0.717) is 0 Å². The van der Waals surface area contributed by atoms with E-state index in [9.17, 15) is 0 Å². The molecule has 1 N–H and O–H groups in total. The van der Waals surface area contributed by atoms with Crippen molar-refractivity contribution in [3.63, 3.8) is 0 Å². The van der Waals surface area contributed by atoms with Crippen molar-refractivity contribution >= 4 is 11.1 Å². The number of aromatic nitrogens is 1. The van der Waals surface area contributed by atoms with Gasteiger partial charge in [0.1, 0.15) is 5.52 Å². The van der Waals surface area contributed by atoms with E-state index in [0.717, 1.165) is 42.4 Å². The smallest absolute Gasteiger partial charge is 0.195 e. The van der Waals surface area contributed by atoms with Crippen molar-refractivity contribution in [2.75, 3.05) is 13.1 Å². The van der Waals surface area contributed by atoms with Gasteiger partial charge in [0.15, 0.2) is 11.5 Å². The third-order valence-corrected chi connectivity index (χ3v) is 3.79. The van der Waals surface area contributed by atoms with E-state index in [1.165, 1.54) is 24.0 Å². The van der Waals surface area contributed by atoms with Crippen LogP contribution >= 0.6 is 0 Å². The van der Waals surface area contributed by atoms with Crippen LogP contribution in [0.3, 0.4) is 0 Å². The molecule has 96 valence electrons. The number of benzene rings is 1. The minimum Gasteiger partial charge on any atom is -0.440 e. The summed E-state index contributed by atoms with van der Waals surface area (Å²) >= 11 is 0. The van der Waals surface area contributed by atoms with Gasteiger partial charge in [-0.1, -0.05) is 6.07 Å². The van der Waals surface area contributed by atoms with Crippen LogP contribution in [0.5, 0.6) is 0 Å². The highest BCUT2D eigenvalue weighted by Crippen LogP contribution is 2.23. The third kappa shape index (κ3) is 2.27. The molecule has 0 spiro atoms. The first-order chi connectivity index (χ1) is 8.72. The summed E-state index contributed by atoms with van der Waals surface area (Å²) in [6.45, 7) is 6.51. The van der Waals surface area contributed by atoms with Gasteiger partial charge in [-0.25, -0.2) is 4.98 Å². The van der Waals surface area contributed by atoms with Gasteiger partial charge in [0.25, 0.3) is 0 Å². The molecule has 0 saturated carbocycles. The lowest BCUT2D eigenvalue weighted by atomic mass is 10.0.